The molecule has 1 fully saturated rings. The summed E-state index contributed by atoms with van der Waals surface area (Å²) < 4.78 is 89.7. The van der Waals surface area contributed by atoms with Gasteiger partial charge < -0.3 is 4.74 Å². The Balaban J connectivity index is 1.49. The van der Waals surface area contributed by atoms with Crippen LogP contribution in [0.2, 0.25) is 0 Å². The molecular weight excluding hydrogens is 516 g/mol. The zero-order chi connectivity index (χ0) is 26.2. The van der Waals surface area contributed by atoms with Crippen molar-refractivity contribution in [2.75, 3.05) is 17.9 Å². The number of piperidine rings is 1. The zero-order valence-electron chi connectivity index (χ0n) is 19.3. The first-order valence-electron chi connectivity index (χ1n) is 11.5. The third-order valence-corrected chi connectivity index (χ3v) is 8.01. The Morgan fingerprint density at radius 3 is 2.46 bits per heavy atom. The van der Waals surface area contributed by atoms with Crippen molar-refractivity contribution in [3.8, 4) is 5.75 Å². The number of halogens is 4. The van der Waals surface area contributed by atoms with E-state index in [1.807, 2.05) is 4.90 Å². The number of ether oxygens (including phenoxy) is 1. The van der Waals surface area contributed by atoms with Gasteiger partial charge >= 0.3 is 6.18 Å². The summed E-state index contributed by atoms with van der Waals surface area (Å²) in [7, 11) is -4.35. The van der Waals surface area contributed by atoms with Crippen molar-refractivity contribution in [3.05, 3.63) is 66.4 Å². The highest BCUT2D eigenvalue weighted by Gasteiger charge is 2.47. The Bertz CT molecular complexity index is 1360. The molecule has 2 aliphatic heterocycles. The number of hydrogen-bond donors (Lipinski definition) is 1. The van der Waals surface area contributed by atoms with Gasteiger partial charge in [-0.05, 0) is 31.0 Å². The Morgan fingerprint density at radius 2 is 1.78 bits per heavy atom. The summed E-state index contributed by atoms with van der Waals surface area (Å²) in [6.45, 7) is 0.276. The van der Waals surface area contributed by atoms with Crippen LogP contribution in [0.3, 0.4) is 0 Å². The van der Waals surface area contributed by atoms with Crippen molar-refractivity contribution in [1.29, 1.82) is 0 Å². The molecule has 9 nitrogen and oxygen atoms in total. The van der Waals surface area contributed by atoms with Crippen molar-refractivity contribution >= 4 is 15.8 Å². The number of rotatable bonds is 5. The van der Waals surface area contributed by atoms with Crippen LogP contribution in [0.4, 0.5) is 23.4 Å². The van der Waals surface area contributed by atoms with Crippen LogP contribution < -0.4 is 9.46 Å². The van der Waals surface area contributed by atoms with Gasteiger partial charge in [0.2, 0.25) is 0 Å². The van der Waals surface area contributed by atoms with Gasteiger partial charge in [-0.1, -0.05) is 0 Å². The minimum Gasteiger partial charge on any atom is -0.493 e. The molecule has 196 valence electrons. The lowest BCUT2D eigenvalue weighted by Crippen LogP contribution is -2.44. The monoisotopic (exact) mass is 538 g/mol. The van der Waals surface area contributed by atoms with Crippen LogP contribution in [0.5, 0.6) is 5.75 Å². The van der Waals surface area contributed by atoms with Crippen LogP contribution in [-0.2, 0) is 10.0 Å². The molecule has 5 rings (SSSR count). The first-order chi connectivity index (χ1) is 17.6. The molecule has 0 bridgehead atoms. The molecule has 1 aromatic carbocycles. The summed E-state index contributed by atoms with van der Waals surface area (Å²) >= 11 is 0. The molecule has 37 heavy (non-hydrogen) atoms. The minimum absolute atomic E-state index is 0.0360. The molecule has 0 aliphatic carbocycles. The molecule has 0 unspecified atom stereocenters. The van der Waals surface area contributed by atoms with Gasteiger partial charge in [-0.2, -0.15) is 13.2 Å². The molecule has 0 radical (unpaired) electrons. The van der Waals surface area contributed by atoms with Crippen LogP contribution in [0.15, 0.2) is 54.2 Å². The normalized spacial score (nSPS) is 22.6. The Labute approximate surface area is 210 Å². The lowest BCUT2D eigenvalue weighted by Gasteiger charge is -2.45. The number of hydrogen-bond acceptors (Lipinski definition) is 8. The molecule has 2 aliphatic rings. The van der Waals surface area contributed by atoms with Crippen molar-refractivity contribution in [1.82, 2.24) is 24.8 Å². The second kappa shape index (κ2) is 9.82. The standard InChI is InChI=1S/C23H22F4N6O3S/c24-16-10-15-18(33-7-3-14(23(25,26)27)9-19(33)17-1-5-28-12-30-17)4-8-36-20(15)11-21(16)37(34,35)32-22-2-6-29-13-31-22/h1-2,5-6,10-14,18-19H,3-4,7-9H2,(H,29,31,32)/t14-,18-,19+/m0/s1. The summed E-state index contributed by atoms with van der Waals surface area (Å²) in [5.41, 5.74) is 0.806. The van der Waals surface area contributed by atoms with E-state index in [4.69, 9.17) is 4.74 Å². The number of likely N-dealkylation sites (tertiary alicyclic amines) is 1. The van der Waals surface area contributed by atoms with Gasteiger partial charge in [-0.15, -0.1) is 0 Å². The maximum atomic E-state index is 15.3. The maximum Gasteiger partial charge on any atom is 0.391 e. The highest BCUT2D eigenvalue weighted by atomic mass is 32.2. The molecule has 0 spiro atoms. The fraction of sp³-hybridized carbons (Fsp3) is 0.391. The van der Waals surface area contributed by atoms with Gasteiger partial charge in [0.15, 0.2) is 0 Å². The number of nitrogens with one attached hydrogen (secondary N) is 1. The molecule has 1 N–H and O–H groups in total. The molecule has 2 aromatic heterocycles. The third-order valence-electron chi connectivity index (χ3n) is 6.64. The average Bonchev–Trinajstić information content (AvgIpc) is 2.88. The second-order valence-corrected chi connectivity index (χ2v) is 10.5. The van der Waals surface area contributed by atoms with Crippen LogP contribution in [0.25, 0.3) is 0 Å². The number of sulfonamides is 1. The summed E-state index contributed by atoms with van der Waals surface area (Å²) in [6, 6.07) is 3.89. The predicted molar refractivity (Wildman–Crippen MR) is 122 cm³/mol. The number of anilines is 1. The van der Waals surface area contributed by atoms with E-state index in [-0.39, 0.29) is 37.6 Å². The lowest BCUT2D eigenvalue weighted by atomic mass is 9.85. The summed E-state index contributed by atoms with van der Waals surface area (Å²) in [4.78, 5) is 16.8. The largest absolute Gasteiger partial charge is 0.493 e. The zero-order valence-corrected chi connectivity index (χ0v) is 20.1. The van der Waals surface area contributed by atoms with Gasteiger partial charge in [-0.3, -0.25) is 9.62 Å². The highest BCUT2D eigenvalue weighted by molar-refractivity contribution is 7.92. The van der Waals surface area contributed by atoms with E-state index in [2.05, 4.69) is 24.7 Å². The average molecular weight is 539 g/mol. The molecule has 0 saturated carbocycles. The number of nitrogens with zero attached hydrogens (tertiary/aromatic N) is 5. The van der Waals surface area contributed by atoms with Crippen molar-refractivity contribution < 1.29 is 30.7 Å². The van der Waals surface area contributed by atoms with Crippen molar-refractivity contribution in [2.45, 2.75) is 42.4 Å². The Kier molecular flexibility index (Phi) is 6.70. The van der Waals surface area contributed by atoms with E-state index in [9.17, 15) is 21.6 Å². The molecule has 1 saturated heterocycles. The van der Waals surface area contributed by atoms with E-state index >= 15 is 4.39 Å². The Morgan fingerprint density at radius 1 is 1.03 bits per heavy atom. The van der Waals surface area contributed by atoms with Crippen molar-refractivity contribution in [3.63, 3.8) is 0 Å². The van der Waals surface area contributed by atoms with Crippen LogP contribution in [0.1, 0.15) is 42.6 Å². The quantitative estimate of drug-likeness (QED) is 0.485. The maximum absolute atomic E-state index is 15.3. The fourth-order valence-corrected chi connectivity index (χ4v) is 5.99. The van der Waals surface area contributed by atoms with Gasteiger partial charge in [0, 0.05) is 43.0 Å². The summed E-state index contributed by atoms with van der Waals surface area (Å²) in [5.74, 6) is -2.40. The van der Waals surface area contributed by atoms with Gasteiger partial charge in [-0.25, -0.2) is 32.7 Å². The van der Waals surface area contributed by atoms with Crippen LogP contribution >= 0.6 is 0 Å². The van der Waals surface area contributed by atoms with E-state index in [1.165, 1.54) is 24.8 Å². The fourth-order valence-electron chi connectivity index (χ4n) is 4.91. The lowest BCUT2D eigenvalue weighted by molar-refractivity contribution is -0.192. The first-order valence-corrected chi connectivity index (χ1v) is 13.0. The van der Waals surface area contributed by atoms with Crippen LogP contribution in [-0.4, -0.2) is 52.6 Å². The van der Waals surface area contributed by atoms with Gasteiger partial charge in [0.1, 0.15) is 34.9 Å². The third kappa shape index (κ3) is 5.21. The van der Waals surface area contributed by atoms with Crippen LogP contribution in [0, 0.1) is 11.7 Å². The van der Waals surface area contributed by atoms with Gasteiger partial charge in [0.05, 0.1) is 24.3 Å². The van der Waals surface area contributed by atoms with Crippen molar-refractivity contribution in [2.24, 2.45) is 5.92 Å². The highest BCUT2D eigenvalue weighted by Crippen LogP contribution is 2.48. The Hall–Kier alpha value is -3.39. The smallest absolute Gasteiger partial charge is 0.391 e. The number of fused-ring (bicyclic) bond motifs is 1. The number of aromatic nitrogens is 4. The SMILES string of the molecule is O=S(=O)(Nc1ccncn1)c1cc2c(cc1F)[C@@H](N1CC[C@H](C(F)(F)F)C[C@@H]1c1ccncn1)CCO2. The van der Waals surface area contributed by atoms with E-state index in [0.717, 1.165) is 18.5 Å². The molecule has 3 atom stereocenters. The topological polar surface area (TPSA) is 110 Å². The molecule has 14 heteroatoms. The second-order valence-electron chi connectivity index (χ2n) is 8.82. The summed E-state index contributed by atoms with van der Waals surface area (Å²) in [6.07, 6.45) is 0.942. The first kappa shape index (κ1) is 25.3. The van der Waals surface area contributed by atoms with E-state index < -0.39 is 44.9 Å². The van der Waals surface area contributed by atoms with E-state index in [0.29, 0.717) is 17.7 Å². The molecule has 0 amide bonds. The minimum atomic E-state index is -4.35. The molecule has 3 aromatic rings. The predicted octanol–water partition coefficient (Wildman–Crippen LogP) is 4.05. The summed E-state index contributed by atoms with van der Waals surface area (Å²) in [5, 5.41) is 0. The van der Waals surface area contributed by atoms with Gasteiger partial charge in [0.25, 0.3) is 10.0 Å². The molecular formula is C23H22F4N6O3S. The number of benzene rings is 1. The van der Waals surface area contributed by atoms with E-state index in [1.54, 1.807) is 6.07 Å². The number of alkyl halides is 3. The molecule has 4 heterocycles.